The van der Waals surface area contributed by atoms with Gasteiger partial charge in [0.05, 0.1) is 0 Å². The first-order valence-electron chi connectivity index (χ1n) is 7.45. The van der Waals surface area contributed by atoms with Crippen molar-refractivity contribution in [3.05, 3.63) is 29.8 Å². The summed E-state index contributed by atoms with van der Waals surface area (Å²) in [6.07, 6.45) is 5.44. The van der Waals surface area contributed by atoms with E-state index in [0.29, 0.717) is 0 Å². The number of likely N-dealkylation sites (tertiary alicyclic amines) is 1. The zero-order chi connectivity index (χ0) is 12.4. The first-order chi connectivity index (χ1) is 8.88. The molecule has 1 N–H and O–H groups in total. The molecule has 0 spiro atoms. The predicted molar refractivity (Wildman–Crippen MR) is 77.2 cm³/mol. The molecule has 0 radical (unpaired) electrons. The third-order valence-corrected chi connectivity index (χ3v) is 4.67. The van der Waals surface area contributed by atoms with Crippen LogP contribution in [0, 0.1) is 0 Å². The highest BCUT2D eigenvalue weighted by molar-refractivity contribution is 5.57. The molecule has 3 rings (SSSR count). The van der Waals surface area contributed by atoms with Crippen molar-refractivity contribution < 1.29 is 0 Å². The molecule has 1 aromatic carbocycles. The molecular formula is C16H24N2. The Labute approximate surface area is 110 Å². The van der Waals surface area contributed by atoms with Gasteiger partial charge in [-0.2, -0.15) is 0 Å². The average molecular weight is 244 g/mol. The van der Waals surface area contributed by atoms with Crippen LogP contribution in [0.1, 0.15) is 44.1 Å². The number of anilines is 1. The fraction of sp³-hybridized carbons (Fsp3) is 0.625. The highest BCUT2D eigenvalue weighted by Crippen LogP contribution is 2.34. The van der Waals surface area contributed by atoms with Gasteiger partial charge in [-0.05, 0) is 50.4 Å². The van der Waals surface area contributed by atoms with Crippen LogP contribution in [-0.4, -0.2) is 30.6 Å². The molecule has 2 aliphatic heterocycles. The Kier molecular flexibility index (Phi) is 3.55. The van der Waals surface area contributed by atoms with Gasteiger partial charge in [0.2, 0.25) is 0 Å². The van der Waals surface area contributed by atoms with Crippen molar-refractivity contribution in [2.75, 3.05) is 25.0 Å². The maximum Gasteiger partial charge on any atom is 0.0376 e. The van der Waals surface area contributed by atoms with Crippen LogP contribution >= 0.6 is 0 Å². The smallest absolute Gasteiger partial charge is 0.0376 e. The van der Waals surface area contributed by atoms with Crippen molar-refractivity contribution in [2.45, 2.75) is 44.6 Å². The van der Waals surface area contributed by atoms with Crippen molar-refractivity contribution in [1.29, 1.82) is 0 Å². The van der Waals surface area contributed by atoms with Crippen LogP contribution in [0.2, 0.25) is 0 Å². The van der Waals surface area contributed by atoms with Crippen molar-refractivity contribution in [3.63, 3.8) is 0 Å². The Bertz CT molecular complexity index is 402. The Morgan fingerprint density at radius 2 is 2.22 bits per heavy atom. The quantitative estimate of drug-likeness (QED) is 0.872. The van der Waals surface area contributed by atoms with Crippen molar-refractivity contribution in [2.24, 2.45) is 0 Å². The lowest BCUT2D eigenvalue weighted by Gasteiger charge is -2.24. The van der Waals surface area contributed by atoms with E-state index in [1.165, 1.54) is 50.0 Å². The number of fused-ring (bicyclic) bond motifs is 1. The molecule has 2 atom stereocenters. The maximum absolute atomic E-state index is 3.53. The molecule has 0 saturated carbocycles. The number of para-hydroxylation sites is 1. The van der Waals surface area contributed by atoms with Gasteiger partial charge in [-0.1, -0.05) is 25.1 Å². The van der Waals surface area contributed by atoms with Gasteiger partial charge in [0.15, 0.2) is 0 Å². The lowest BCUT2D eigenvalue weighted by atomic mass is 9.97. The molecule has 1 saturated heterocycles. The van der Waals surface area contributed by atoms with Crippen LogP contribution in [0.25, 0.3) is 0 Å². The number of hydrogen-bond acceptors (Lipinski definition) is 2. The first kappa shape index (κ1) is 12.0. The van der Waals surface area contributed by atoms with E-state index in [1.54, 1.807) is 0 Å². The summed E-state index contributed by atoms with van der Waals surface area (Å²) in [5, 5.41) is 3.53. The van der Waals surface area contributed by atoms with E-state index < -0.39 is 0 Å². The minimum atomic E-state index is 0.722. The molecule has 2 heterocycles. The number of hydrogen-bond donors (Lipinski definition) is 1. The second kappa shape index (κ2) is 5.31. The van der Waals surface area contributed by atoms with Crippen molar-refractivity contribution >= 4 is 5.69 Å². The standard InChI is InChI=1S/C16H24N2/c1-2-14-6-5-10-18(14)11-9-13-12-17-16-8-4-3-7-15(13)16/h3-4,7-8,13-14,17H,2,5-6,9-12H2,1H3. The average Bonchev–Trinajstić information content (AvgIpc) is 3.02. The van der Waals surface area contributed by atoms with Gasteiger partial charge in [0.1, 0.15) is 0 Å². The van der Waals surface area contributed by atoms with Gasteiger partial charge < -0.3 is 10.2 Å². The lowest BCUT2D eigenvalue weighted by Crippen LogP contribution is -2.30. The fourth-order valence-corrected chi connectivity index (χ4v) is 3.59. The molecule has 2 heteroatoms. The monoisotopic (exact) mass is 244 g/mol. The third kappa shape index (κ3) is 2.26. The minimum Gasteiger partial charge on any atom is -0.384 e. The summed E-state index contributed by atoms with van der Waals surface area (Å²) in [5.41, 5.74) is 2.89. The van der Waals surface area contributed by atoms with E-state index in [9.17, 15) is 0 Å². The highest BCUT2D eigenvalue weighted by Gasteiger charge is 2.26. The van der Waals surface area contributed by atoms with Gasteiger partial charge in [-0.3, -0.25) is 0 Å². The molecule has 0 aromatic heterocycles. The van der Waals surface area contributed by atoms with Crippen LogP contribution in [0.3, 0.4) is 0 Å². The van der Waals surface area contributed by atoms with E-state index >= 15 is 0 Å². The van der Waals surface area contributed by atoms with E-state index in [2.05, 4.69) is 41.4 Å². The zero-order valence-electron chi connectivity index (χ0n) is 11.4. The summed E-state index contributed by atoms with van der Waals surface area (Å²) in [5.74, 6) is 0.722. The van der Waals surface area contributed by atoms with E-state index in [1.807, 2.05) is 0 Å². The highest BCUT2D eigenvalue weighted by atomic mass is 15.2. The van der Waals surface area contributed by atoms with Gasteiger partial charge in [-0.15, -0.1) is 0 Å². The van der Waals surface area contributed by atoms with Crippen molar-refractivity contribution in [1.82, 2.24) is 4.90 Å². The largest absolute Gasteiger partial charge is 0.384 e. The molecular weight excluding hydrogens is 220 g/mol. The molecule has 0 aliphatic carbocycles. The number of nitrogens with one attached hydrogen (secondary N) is 1. The molecule has 1 fully saturated rings. The summed E-state index contributed by atoms with van der Waals surface area (Å²) in [6, 6.07) is 9.65. The topological polar surface area (TPSA) is 15.3 Å². The van der Waals surface area contributed by atoms with Crippen LogP contribution in [0.4, 0.5) is 5.69 Å². The van der Waals surface area contributed by atoms with Crippen LogP contribution < -0.4 is 5.32 Å². The van der Waals surface area contributed by atoms with Gasteiger partial charge in [0, 0.05) is 24.2 Å². The Morgan fingerprint density at radius 3 is 3.11 bits per heavy atom. The Hall–Kier alpha value is -1.02. The first-order valence-corrected chi connectivity index (χ1v) is 7.45. The van der Waals surface area contributed by atoms with Gasteiger partial charge >= 0.3 is 0 Å². The predicted octanol–water partition coefficient (Wildman–Crippen LogP) is 3.46. The summed E-state index contributed by atoms with van der Waals surface area (Å²) < 4.78 is 0. The number of rotatable bonds is 4. The second-order valence-corrected chi connectivity index (χ2v) is 5.69. The Morgan fingerprint density at radius 1 is 1.33 bits per heavy atom. The van der Waals surface area contributed by atoms with E-state index in [4.69, 9.17) is 0 Å². The van der Waals surface area contributed by atoms with E-state index in [-0.39, 0.29) is 0 Å². The molecule has 2 unspecified atom stereocenters. The molecule has 0 amide bonds. The van der Waals surface area contributed by atoms with Crippen LogP contribution in [-0.2, 0) is 0 Å². The summed E-state index contributed by atoms with van der Waals surface area (Å²) >= 11 is 0. The summed E-state index contributed by atoms with van der Waals surface area (Å²) in [6.45, 7) is 6.05. The number of benzene rings is 1. The fourth-order valence-electron chi connectivity index (χ4n) is 3.59. The summed E-state index contributed by atoms with van der Waals surface area (Å²) in [4.78, 5) is 2.71. The molecule has 18 heavy (non-hydrogen) atoms. The SMILES string of the molecule is CCC1CCCN1CCC1CNc2ccccc21. The van der Waals surface area contributed by atoms with Gasteiger partial charge in [-0.25, -0.2) is 0 Å². The molecule has 1 aromatic rings. The third-order valence-electron chi connectivity index (χ3n) is 4.67. The number of nitrogens with zero attached hydrogens (tertiary/aromatic N) is 1. The maximum atomic E-state index is 3.53. The van der Waals surface area contributed by atoms with Crippen LogP contribution in [0.15, 0.2) is 24.3 Å². The van der Waals surface area contributed by atoms with E-state index in [0.717, 1.165) is 18.5 Å². The molecule has 2 nitrogen and oxygen atoms in total. The second-order valence-electron chi connectivity index (χ2n) is 5.69. The summed E-state index contributed by atoms with van der Waals surface area (Å²) in [7, 11) is 0. The van der Waals surface area contributed by atoms with Crippen LogP contribution in [0.5, 0.6) is 0 Å². The minimum absolute atomic E-state index is 0.722. The molecule has 2 aliphatic rings. The normalized spacial score (nSPS) is 27.2. The van der Waals surface area contributed by atoms with Crippen molar-refractivity contribution in [3.8, 4) is 0 Å². The Balaban J connectivity index is 1.58. The zero-order valence-corrected chi connectivity index (χ0v) is 11.4. The van der Waals surface area contributed by atoms with Gasteiger partial charge in [0.25, 0.3) is 0 Å². The lowest BCUT2D eigenvalue weighted by molar-refractivity contribution is 0.240. The molecule has 0 bridgehead atoms. The molecule has 98 valence electrons.